The number of aromatic nitrogens is 4. The van der Waals surface area contributed by atoms with Gasteiger partial charge in [0.2, 0.25) is 5.91 Å². The summed E-state index contributed by atoms with van der Waals surface area (Å²) in [6, 6.07) is 0.457. The largest absolute Gasteiger partial charge is 0.394 e. The first-order valence-electron chi connectivity index (χ1n) is 26.0. The minimum Gasteiger partial charge on any atom is -0.394 e. The lowest BCUT2D eigenvalue weighted by Gasteiger charge is -2.49. The van der Waals surface area contributed by atoms with Crippen molar-refractivity contribution in [3.8, 4) is 5.69 Å². The summed E-state index contributed by atoms with van der Waals surface area (Å²) >= 11 is 0. The van der Waals surface area contributed by atoms with Crippen LogP contribution in [-0.2, 0) is 44.5 Å². The molecule has 15 atom stereocenters. The third kappa shape index (κ3) is 13.8. The lowest BCUT2D eigenvalue weighted by atomic mass is 9.74. The Balaban J connectivity index is 1.08. The fourth-order valence-electron chi connectivity index (χ4n) is 10.7. The van der Waals surface area contributed by atoms with Crippen LogP contribution in [0.5, 0.6) is 0 Å². The first-order chi connectivity index (χ1) is 34.2. The number of carbonyl (C=O) groups is 4. The summed E-state index contributed by atoms with van der Waals surface area (Å²) in [5.74, 6) is -1.93. The number of amides is 3. The number of aryl methyl sites for hydroxylation is 1. The number of aliphatic hydroxyl groups is 5. The molecule has 6 unspecified atom stereocenters. The fraction of sp³-hybridized carbons (Fsp3) is 0.780. The zero-order valence-corrected chi connectivity index (χ0v) is 41.6. The predicted molar refractivity (Wildman–Crippen MR) is 253 cm³/mol. The molecule has 396 valence electrons. The van der Waals surface area contributed by atoms with Gasteiger partial charge in [-0.1, -0.05) is 64.0 Å². The Morgan fingerprint density at radius 2 is 1.68 bits per heavy atom. The van der Waals surface area contributed by atoms with Gasteiger partial charge in [0.25, 0.3) is 11.8 Å². The van der Waals surface area contributed by atoms with E-state index in [1.807, 2.05) is 13.1 Å². The van der Waals surface area contributed by atoms with Crippen molar-refractivity contribution in [1.29, 1.82) is 0 Å². The first-order valence-corrected chi connectivity index (χ1v) is 26.0. The van der Waals surface area contributed by atoms with E-state index in [4.69, 9.17) is 23.7 Å². The number of hydrogen-bond acceptors (Lipinski definition) is 17. The topological polar surface area (TPSA) is 286 Å². The zero-order chi connectivity index (χ0) is 50.8. The van der Waals surface area contributed by atoms with Crippen molar-refractivity contribution < 1.29 is 68.4 Å². The van der Waals surface area contributed by atoms with Gasteiger partial charge in [-0.05, 0) is 69.8 Å². The number of aliphatic hydroxyl groups excluding tert-OH is 5. The summed E-state index contributed by atoms with van der Waals surface area (Å²) in [4.78, 5) is 60.5. The predicted octanol–water partition coefficient (Wildman–Crippen LogP) is 1.66. The van der Waals surface area contributed by atoms with Gasteiger partial charge in [-0.15, -0.1) is 5.10 Å². The van der Waals surface area contributed by atoms with Crippen molar-refractivity contribution >= 4 is 23.5 Å². The quantitative estimate of drug-likeness (QED) is 0.0826. The van der Waals surface area contributed by atoms with Gasteiger partial charge in [-0.3, -0.25) is 24.2 Å². The molecule has 3 saturated heterocycles. The van der Waals surface area contributed by atoms with E-state index in [-0.39, 0.29) is 42.9 Å². The van der Waals surface area contributed by atoms with E-state index in [1.165, 1.54) is 13.1 Å². The molecule has 21 heteroatoms. The lowest BCUT2D eigenvalue weighted by molar-refractivity contribution is -0.338. The van der Waals surface area contributed by atoms with E-state index < -0.39 is 104 Å². The molecule has 0 radical (unpaired) electrons. The molecule has 5 heterocycles. The minimum absolute atomic E-state index is 0.0685. The number of unbranched alkanes of at least 4 members (excludes halogenated alkanes) is 1. The Bertz CT molecular complexity index is 2050. The molecule has 0 spiro atoms. The average Bonchev–Trinajstić information content (AvgIpc) is 3.83. The highest BCUT2D eigenvalue weighted by Crippen LogP contribution is 2.41. The van der Waals surface area contributed by atoms with Gasteiger partial charge < -0.3 is 64.8 Å². The maximum Gasteiger partial charge on any atom is 0.252 e. The number of nitrogens with one attached hydrogen (secondary N) is 2. The van der Waals surface area contributed by atoms with Crippen molar-refractivity contribution in [2.24, 2.45) is 17.8 Å². The number of pyridine rings is 1. The van der Waals surface area contributed by atoms with Crippen LogP contribution in [0.1, 0.15) is 134 Å². The summed E-state index contributed by atoms with van der Waals surface area (Å²) in [6.45, 7) is 7.55. The average molecular weight is 1000 g/mol. The van der Waals surface area contributed by atoms with Gasteiger partial charge in [-0.25, -0.2) is 4.68 Å². The van der Waals surface area contributed by atoms with E-state index in [0.717, 1.165) is 63.5 Å². The molecule has 7 N–H and O–H groups in total. The van der Waals surface area contributed by atoms with Crippen molar-refractivity contribution in [1.82, 2.24) is 35.5 Å². The summed E-state index contributed by atoms with van der Waals surface area (Å²) < 4.78 is 33.8. The number of likely N-dealkylation sites (tertiary alicyclic amines) is 1. The molecule has 3 amide bonds. The van der Waals surface area contributed by atoms with Crippen LogP contribution in [0.3, 0.4) is 0 Å². The van der Waals surface area contributed by atoms with E-state index in [2.05, 4.69) is 32.9 Å². The molecule has 5 fully saturated rings. The normalized spacial score (nSPS) is 32.9. The number of ketones is 1. The molecule has 2 aromatic rings. The summed E-state index contributed by atoms with van der Waals surface area (Å²) in [6.07, 6.45) is 0.0808. The van der Waals surface area contributed by atoms with Crippen molar-refractivity contribution in [3.05, 3.63) is 35.9 Å². The van der Waals surface area contributed by atoms with Gasteiger partial charge in [0, 0.05) is 45.1 Å². The van der Waals surface area contributed by atoms with E-state index >= 15 is 0 Å². The molecule has 2 aliphatic carbocycles. The standard InChI is InChI=1S/C50H77N7O14/c1-5-7-15-34-26-57(55-54-34)35-22-33(24-51-25-35)47(65)52-17-11-16-36(60)32-21-31(6-2)45(71-50-44(64)43(63)41(61)28(3)67-50)37(23-32)69-49-40(53-29(4)59)46(42(62)39(27-58)70-49)68-38(48(66)56-18-12-19-56)20-30-13-9-8-10-14-30/h22,24-26,28,30-32,37-46,49-50,58,61-64H,5-21,23,27H2,1-4H3,(H,52,65)(H,53,59)/t28?,31?,32?,37-,38+,39+,40?,41-,42+,43+,44?,45-,46?,49-,50+/m1/s1. The number of carbonyl (C=O) groups excluding carboxylic acids is 4. The Labute approximate surface area is 415 Å². The maximum atomic E-state index is 14.2. The molecule has 0 aromatic carbocycles. The smallest absolute Gasteiger partial charge is 0.252 e. The zero-order valence-electron chi connectivity index (χ0n) is 41.6. The van der Waals surface area contributed by atoms with Crippen molar-refractivity contribution in [3.63, 3.8) is 0 Å². The van der Waals surface area contributed by atoms with E-state index in [0.29, 0.717) is 50.0 Å². The molecular weight excluding hydrogens is 923 g/mol. The number of Topliss-reactive ketones (excluding diaryl/α,β-unsaturated/α-hetero) is 1. The highest BCUT2D eigenvalue weighted by Gasteiger charge is 2.53. The van der Waals surface area contributed by atoms with Crippen molar-refractivity contribution in [2.75, 3.05) is 26.2 Å². The second kappa shape index (κ2) is 25.8. The third-order valence-electron chi connectivity index (χ3n) is 15.0. The van der Waals surface area contributed by atoms with E-state index in [1.54, 1.807) is 28.8 Å². The van der Waals surface area contributed by atoms with Crippen LogP contribution in [0.15, 0.2) is 24.7 Å². The molecule has 3 aliphatic heterocycles. The third-order valence-corrected chi connectivity index (χ3v) is 15.0. The highest BCUT2D eigenvalue weighted by atomic mass is 16.7. The Morgan fingerprint density at radius 3 is 2.37 bits per heavy atom. The van der Waals surface area contributed by atoms with Gasteiger partial charge >= 0.3 is 0 Å². The maximum absolute atomic E-state index is 14.2. The monoisotopic (exact) mass is 1000 g/mol. The number of ether oxygens (including phenoxy) is 5. The van der Waals surface area contributed by atoms with Gasteiger partial charge in [0.1, 0.15) is 54.6 Å². The SMILES string of the molecule is CCCCc1cn(-c2cncc(C(=O)NCCCC(=O)C3CC(CC)[C@@H](O[C@@H]4OC(C)[C@@H](O)[C@H](O)C4O)[C@H](O[C@@H]4O[C@@H](CO)[C@H](O)C(O[C@@H](CC5CCCCC5)C(=O)N5CCC5)C4NC(C)=O)C3)c2)nn1. The molecule has 5 aliphatic rings. The van der Waals surface area contributed by atoms with E-state index in [9.17, 15) is 44.7 Å². The molecule has 2 saturated carbocycles. The van der Waals surface area contributed by atoms with Gasteiger partial charge in [0.05, 0.1) is 54.3 Å². The lowest BCUT2D eigenvalue weighted by Crippen LogP contribution is -2.67. The van der Waals surface area contributed by atoms with Crippen LogP contribution in [-0.4, -0.2) is 180 Å². The molecular formula is C50H77N7O14. The van der Waals surface area contributed by atoms with Gasteiger partial charge in [-0.2, -0.15) is 0 Å². The highest BCUT2D eigenvalue weighted by molar-refractivity contribution is 5.94. The number of hydrogen-bond donors (Lipinski definition) is 7. The Kier molecular flexibility index (Phi) is 19.9. The van der Waals surface area contributed by atoms with Crippen LogP contribution in [0.2, 0.25) is 0 Å². The summed E-state index contributed by atoms with van der Waals surface area (Å²) in [5.41, 5.74) is 1.75. The second-order valence-corrected chi connectivity index (χ2v) is 20.3. The van der Waals surface area contributed by atoms with Gasteiger partial charge in [0.15, 0.2) is 12.6 Å². The minimum atomic E-state index is -1.65. The van der Waals surface area contributed by atoms with Crippen molar-refractivity contribution in [2.45, 2.75) is 204 Å². The fourth-order valence-corrected chi connectivity index (χ4v) is 10.7. The Morgan fingerprint density at radius 1 is 0.901 bits per heavy atom. The van der Waals surface area contributed by atoms with Crippen LogP contribution in [0, 0.1) is 17.8 Å². The summed E-state index contributed by atoms with van der Waals surface area (Å²) in [7, 11) is 0. The Hall–Kier alpha value is -4.03. The summed E-state index contributed by atoms with van der Waals surface area (Å²) in [5, 5.41) is 68.9. The number of nitrogens with zero attached hydrogens (tertiary/aromatic N) is 5. The second-order valence-electron chi connectivity index (χ2n) is 20.3. The molecule has 0 bridgehead atoms. The molecule has 7 rings (SSSR count). The van der Waals surface area contributed by atoms with Crippen LogP contribution in [0.25, 0.3) is 5.69 Å². The molecule has 21 nitrogen and oxygen atoms in total. The molecule has 71 heavy (non-hydrogen) atoms. The van der Waals surface area contributed by atoms with Crippen LogP contribution < -0.4 is 10.6 Å². The number of rotatable bonds is 22. The van der Waals surface area contributed by atoms with Crippen LogP contribution >= 0.6 is 0 Å². The van der Waals surface area contributed by atoms with Crippen LogP contribution in [0.4, 0.5) is 0 Å². The first kappa shape index (κ1) is 54.7. The molecule has 2 aromatic heterocycles.